The van der Waals surface area contributed by atoms with Crippen LogP contribution in [0.25, 0.3) is 0 Å². The van der Waals surface area contributed by atoms with Crippen molar-refractivity contribution in [2.24, 2.45) is 5.92 Å². The number of nitrogens with zero attached hydrogens (tertiary/aromatic N) is 2. The SMILES string of the molecule is CCC(C)C1NCN(CC2CCCCN2C)C1=O. The highest BCUT2D eigenvalue weighted by Gasteiger charge is 2.35. The van der Waals surface area contributed by atoms with E-state index in [0.29, 0.717) is 17.9 Å². The molecule has 0 radical (unpaired) electrons. The molecule has 2 aliphatic rings. The minimum Gasteiger partial charge on any atom is -0.327 e. The number of carbonyl (C=O) groups excluding carboxylic acids is 1. The van der Waals surface area contributed by atoms with Crippen LogP contribution in [-0.4, -0.2) is 54.6 Å². The average Bonchev–Trinajstić information content (AvgIpc) is 2.73. The highest BCUT2D eigenvalue weighted by molar-refractivity contribution is 5.84. The zero-order valence-corrected chi connectivity index (χ0v) is 12.0. The van der Waals surface area contributed by atoms with Crippen LogP contribution in [0.3, 0.4) is 0 Å². The summed E-state index contributed by atoms with van der Waals surface area (Å²) in [4.78, 5) is 16.8. The van der Waals surface area contributed by atoms with Crippen LogP contribution in [-0.2, 0) is 4.79 Å². The van der Waals surface area contributed by atoms with Crippen molar-refractivity contribution in [2.75, 3.05) is 26.8 Å². The number of hydrogen-bond donors (Lipinski definition) is 1. The standard InChI is InChI=1S/C14H27N3O/c1-4-11(2)13-14(18)17(10-15-13)9-12-7-5-6-8-16(12)3/h11-13,15H,4-10H2,1-3H3. The van der Waals surface area contributed by atoms with Gasteiger partial charge in [-0.05, 0) is 32.4 Å². The summed E-state index contributed by atoms with van der Waals surface area (Å²) >= 11 is 0. The van der Waals surface area contributed by atoms with Gasteiger partial charge in [0.15, 0.2) is 0 Å². The fourth-order valence-corrected chi connectivity index (χ4v) is 3.03. The Kier molecular flexibility index (Phi) is 4.62. The molecule has 4 heteroatoms. The number of amides is 1. The lowest BCUT2D eigenvalue weighted by atomic mass is 9.99. The van der Waals surface area contributed by atoms with E-state index in [4.69, 9.17) is 0 Å². The van der Waals surface area contributed by atoms with Gasteiger partial charge in [0.05, 0.1) is 12.7 Å². The van der Waals surface area contributed by atoms with Crippen LogP contribution in [0.5, 0.6) is 0 Å². The number of carbonyl (C=O) groups is 1. The van der Waals surface area contributed by atoms with E-state index in [0.717, 1.165) is 19.6 Å². The summed E-state index contributed by atoms with van der Waals surface area (Å²) in [5.74, 6) is 0.745. The van der Waals surface area contributed by atoms with E-state index < -0.39 is 0 Å². The molecular weight excluding hydrogens is 226 g/mol. The van der Waals surface area contributed by atoms with Crippen LogP contribution in [0.2, 0.25) is 0 Å². The first-order chi connectivity index (χ1) is 8.63. The lowest BCUT2D eigenvalue weighted by Gasteiger charge is -2.35. The summed E-state index contributed by atoms with van der Waals surface area (Å²) in [7, 11) is 2.18. The van der Waals surface area contributed by atoms with Gasteiger partial charge in [0.2, 0.25) is 5.91 Å². The quantitative estimate of drug-likeness (QED) is 0.819. The second kappa shape index (κ2) is 6.02. The van der Waals surface area contributed by atoms with Gasteiger partial charge in [-0.15, -0.1) is 0 Å². The summed E-state index contributed by atoms with van der Waals surface area (Å²) in [5, 5.41) is 3.37. The summed E-state index contributed by atoms with van der Waals surface area (Å²) in [6, 6.07) is 0.601. The van der Waals surface area contributed by atoms with Crippen molar-refractivity contribution in [1.29, 1.82) is 0 Å². The molecule has 2 heterocycles. The van der Waals surface area contributed by atoms with Crippen LogP contribution in [0, 0.1) is 5.92 Å². The summed E-state index contributed by atoms with van der Waals surface area (Å²) in [6.45, 7) is 7.12. The van der Waals surface area contributed by atoms with Crippen molar-refractivity contribution < 1.29 is 4.79 Å². The van der Waals surface area contributed by atoms with E-state index in [1.165, 1.54) is 25.8 Å². The van der Waals surface area contributed by atoms with Crippen molar-refractivity contribution in [3.05, 3.63) is 0 Å². The van der Waals surface area contributed by atoms with E-state index in [9.17, 15) is 4.79 Å². The maximum Gasteiger partial charge on any atom is 0.241 e. The van der Waals surface area contributed by atoms with Gasteiger partial charge in [-0.2, -0.15) is 0 Å². The number of likely N-dealkylation sites (N-methyl/N-ethyl adjacent to an activating group) is 1. The highest BCUT2D eigenvalue weighted by atomic mass is 16.2. The molecule has 0 aliphatic carbocycles. The first kappa shape index (κ1) is 13.8. The first-order valence-corrected chi connectivity index (χ1v) is 7.36. The zero-order chi connectivity index (χ0) is 13.1. The van der Waals surface area contributed by atoms with E-state index in [1.54, 1.807) is 0 Å². The van der Waals surface area contributed by atoms with Gasteiger partial charge in [-0.1, -0.05) is 26.7 Å². The Morgan fingerprint density at radius 3 is 2.89 bits per heavy atom. The smallest absolute Gasteiger partial charge is 0.241 e. The minimum absolute atomic E-state index is 0.0453. The third-order valence-electron chi connectivity index (χ3n) is 4.65. The summed E-state index contributed by atoms with van der Waals surface area (Å²) in [6.07, 6.45) is 4.89. The molecule has 3 atom stereocenters. The maximum absolute atomic E-state index is 12.3. The molecule has 2 fully saturated rings. The monoisotopic (exact) mass is 253 g/mol. The van der Waals surface area contributed by atoms with Crippen LogP contribution in [0.15, 0.2) is 0 Å². The predicted molar refractivity (Wildman–Crippen MR) is 73.2 cm³/mol. The van der Waals surface area contributed by atoms with Crippen molar-refractivity contribution in [3.63, 3.8) is 0 Å². The van der Waals surface area contributed by atoms with Crippen LogP contribution >= 0.6 is 0 Å². The lowest BCUT2D eigenvalue weighted by Crippen LogP contribution is -2.46. The van der Waals surface area contributed by atoms with Crippen molar-refractivity contribution in [1.82, 2.24) is 15.1 Å². The topological polar surface area (TPSA) is 35.6 Å². The number of likely N-dealkylation sites (tertiary alicyclic amines) is 1. The molecule has 0 aromatic rings. The molecule has 0 saturated carbocycles. The highest BCUT2D eigenvalue weighted by Crippen LogP contribution is 2.20. The Labute approximate surface area is 111 Å². The van der Waals surface area contributed by atoms with E-state index in [-0.39, 0.29) is 6.04 Å². The number of rotatable bonds is 4. The van der Waals surface area contributed by atoms with Crippen molar-refractivity contribution in [2.45, 2.75) is 51.6 Å². The number of hydrogen-bond acceptors (Lipinski definition) is 3. The first-order valence-electron chi connectivity index (χ1n) is 7.36. The molecule has 104 valence electrons. The average molecular weight is 253 g/mol. The van der Waals surface area contributed by atoms with E-state index in [2.05, 4.69) is 31.1 Å². The summed E-state index contributed by atoms with van der Waals surface area (Å²) < 4.78 is 0. The molecule has 1 amide bonds. The Morgan fingerprint density at radius 2 is 2.22 bits per heavy atom. The molecule has 0 bridgehead atoms. The lowest BCUT2D eigenvalue weighted by molar-refractivity contribution is -0.130. The van der Waals surface area contributed by atoms with Crippen LogP contribution in [0.1, 0.15) is 39.5 Å². The van der Waals surface area contributed by atoms with Gasteiger partial charge in [-0.3, -0.25) is 10.1 Å². The molecular formula is C14H27N3O. The fraction of sp³-hybridized carbons (Fsp3) is 0.929. The minimum atomic E-state index is 0.0453. The predicted octanol–water partition coefficient (Wildman–Crippen LogP) is 1.27. The van der Waals surface area contributed by atoms with Gasteiger partial charge in [-0.25, -0.2) is 0 Å². The molecule has 2 aliphatic heterocycles. The van der Waals surface area contributed by atoms with Crippen LogP contribution in [0.4, 0.5) is 0 Å². The van der Waals surface area contributed by atoms with Crippen molar-refractivity contribution >= 4 is 5.91 Å². The van der Waals surface area contributed by atoms with E-state index in [1.807, 2.05) is 4.90 Å². The van der Waals surface area contributed by atoms with E-state index >= 15 is 0 Å². The second-order valence-corrected chi connectivity index (χ2v) is 5.92. The normalized spacial score (nSPS) is 31.9. The zero-order valence-electron chi connectivity index (χ0n) is 12.0. The molecule has 4 nitrogen and oxygen atoms in total. The van der Waals surface area contributed by atoms with Crippen molar-refractivity contribution in [3.8, 4) is 0 Å². The number of nitrogens with one attached hydrogen (secondary N) is 1. The molecule has 2 saturated heterocycles. The van der Waals surface area contributed by atoms with Gasteiger partial charge >= 0.3 is 0 Å². The third-order valence-corrected chi connectivity index (χ3v) is 4.65. The summed E-state index contributed by atoms with van der Waals surface area (Å²) in [5.41, 5.74) is 0. The van der Waals surface area contributed by atoms with Gasteiger partial charge in [0, 0.05) is 12.6 Å². The second-order valence-electron chi connectivity index (χ2n) is 5.92. The Morgan fingerprint density at radius 1 is 1.44 bits per heavy atom. The number of piperidine rings is 1. The molecule has 18 heavy (non-hydrogen) atoms. The maximum atomic E-state index is 12.3. The fourth-order valence-electron chi connectivity index (χ4n) is 3.03. The molecule has 3 unspecified atom stereocenters. The molecule has 0 aromatic heterocycles. The Bertz CT molecular complexity index is 295. The van der Waals surface area contributed by atoms with Gasteiger partial charge < -0.3 is 9.80 Å². The third kappa shape index (κ3) is 2.86. The van der Waals surface area contributed by atoms with Gasteiger partial charge in [0.1, 0.15) is 0 Å². The molecule has 2 rings (SSSR count). The Hall–Kier alpha value is -0.610. The molecule has 1 N–H and O–H groups in total. The molecule has 0 spiro atoms. The Balaban J connectivity index is 1.89. The molecule has 0 aromatic carbocycles. The van der Waals surface area contributed by atoms with Crippen LogP contribution < -0.4 is 5.32 Å². The largest absolute Gasteiger partial charge is 0.327 e. The van der Waals surface area contributed by atoms with Gasteiger partial charge in [0.25, 0.3) is 0 Å².